The van der Waals surface area contributed by atoms with Crippen LogP contribution in [0, 0.1) is 0 Å². The topological polar surface area (TPSA) is 117 Å². The van der Waals surface area contributed by atoms with E-state index in [-0.39, 0.29) is 42.7 Å². The van der Waals surface area contributed by atoms with Crippen LogP contribution in [-0.2, 0) is 14.3 Å². The highest BCUT2D eigenvalue weighted by atomic mass is 16.5. The number of nitrogens with one attached hydrogen (secondary N) is 2. The van der Waals surface area contributed by atoms with Crippen molar-refractivity contribution >= 4 is 11.8 Å². The van der Waals surface area contributed by atoms with Gasteiger partial charge in [-0.25, -0.2) is 0 Å². The molecule has 8 heteroatoms. The Labute approximate surface area is 128 Å². The van der Waals surface area contributed by atoms with Gasteiger partial charge in [-0.1, -0.05) is 0 Å². The van der Waals surface area contributed by atoms with Gasteiger partial charge >= 0.3 is 0 Å². The molecule has 1 aromatic carbocycles. The second-order valence-electron chi connectivity index (χ2n) is 4.39. The van der Waals surface area contributed by atoms with Gasteiger partial charge < -0.3 is 30.3 Å². The molecular weight excluding hydrogens is 292 g/mol. The predicted molar refractivity (Wildman–Crippen MR) is 77.8 cm³/mol. The van der Waals surface area contributed by atoms with Gasteiger partial charge in [-0.05, 0) is 12.1 Å². The number of ether oxygens (including phenoxy) is 2. The molecule has 0 aliphatic carbocycles. The molecule has 4 N–H and O–H groups in total. The van der Waals surface area contributed by atoms with Gasteiger partial charge in [0, 0.05) is 31.8 Å². The average Bonchev–Trinajstić information content (AvgIpc) is 2.47. The Morgan fingerprint density at radius 1 is 1.05 bits per heavy atom. The van der Waals surface area contributed by atoms with Gasteiger partial charge in [-0.15, -0.1) is 0 Å². The summed E-state index contributed by atoms with van der Waals surface area (Å²) in [5.74, 6) is -1.16. The molecule has 0 atom stereocenters. The Hall–Kier alpha value is -2.32. The number of benzene rings is 1. The van der Waals surface area contributed by atoms with Crippen molar-refractivity contribution in [3.8, 4) is 11.5 Å². The number of amides is 2. The van der Waals surface area contributed by atoms with Crippen LogP contribution in [-0.4, -0.2) is 62.0 Å². The molecule has 0 bridgehead atoms. The fraction of sp³-hybridized carbons (Fsp3) is 0.429. The van der Waals surface area contributed by atoms with Crippen molar-refractivity contribution in [3.05, 3.63) is 23.8 Å². The molecule has 0 saturated heterocycles. The number of rotatable bonds is 9. The van der Waals surface area contributed by atoms with E-state index in [2.05, 4.69) is 10.6 Å². The molecule has 0 aliphatic heterocycles. The smallest absolute Gasteiger partial charge is 0.251 e. The van der Waals surface area contributed by atoms with Gasteiger partial charge in [0.2, 0.25) is 5.91 Å². The van der Waals surface area contributed by atoms with Gasteiger partial charge in [-0.2, -0.15) is 0 Å². The highest BCUT2D eigenvalue weighted by Gasteiger charge is 2.08. The number of hydrogen-bond donors (Lipinski definition) is 4. The lowest BCUT2D eigenvalue weighted by Crippen LogP contribution is -2.36. The van der Waals surface area contributed by atoms with Crippen LogP contribution in [0.1, 0.15) is 10.4 Å². The maximum Gasteiger partial charge on any atom is 0.251 e. The van der Waals surface area contributed by atoms with Crippen molar-refractivity contribution in [2.45, 2.75) is 0 Å². The number of phenolic OH excluding ortho intramolecular Hbond substituents is 2. The highest BCUT2D eigenvalue weighted by Crippen LogP contribution is 2.19. The molecule has 0 unspecified atom stereocenters. The fourth-order valence-corrected chi connectivity index (χ4v) is 1.56. The van der Waals surface area contributed by atoms with Crippen LogP contribution >= 0.6 is 0 Å². The number of methoxy groups -OCH3 is 1. The maximum atomic E-state index is 11.8. The molecule has 122 valence electrons. The zero-order valence-electron chi connectivity index (χ0n) is 12.3. The van der Waals surface area contributed by atoms with E-state index in [0.717, 1.165) is 6.07 Å². The molecule has 2 amide bonds. The van der Waals surface area contributed by atoms with E-state index in [1.54, 1.807) is 7.11 Å². The normalized spacial score (nSPS) is 10.2. The summed E-state index contributed by atoms with van der Waals surface area (Å²) in [4.78, 5) is 23.1. The van der Waals surface area contributed by atoms with Gasteiger partial charge in [0.05, 0.1) is 13.2 Å². The minimum atomic E-state index is -0.461. The zero-order chi connectivity index (χ0) is 16.4. The number of carbonyl (C=O) groups excluding carboxylic acids is 2. The van der Waals surface area contributed by atoms with Gasteiger partial charge in [-0.3, -0.25) is 9.59 Å². The van der Waals surface area contributed by atoms with Gasteiger partial charge in [0.1, 0.15) is 18.1 Å². The molecule has 0 fully saturated rings. The van der Waals surface area contributed by atoms with E-state index in [1.165, 1.54) is 12.1 Å². The summed E-state index contributed by atoms with van der Waals surface area (Å²) in [5.41, 5.74) is 0.131. The van der Waals surface area contributed by atoms with Crippen LogP contribution in [0.3, 0.4) is 0 Å². The number of carbonyl (C=O) groups is 2. The maximum absolute atomic E-state index is 11.8. The summed E-state index contributed by atoms with van der Waals surface area (Å²) in [6.45, 7) is 1.13. The minimum absolute atomic E-state index is 0.0717. The van der Waals surface area contributed by atoms with E-state index in [9.17, 15) is 19.8 Å². The lowest BCUT2D eigenvalue weighted by atomic mass is 10.2. The first-order valence-corrected chi connectivity index (χ1v) is 6.67. The van der Waals surface area contributed by atoms with Crippen molar-refractivity contribution in [2.75, 3.05) is 40.0 Å². The molecule has 1 rings (SSSR count). The van der Waals surface area contributed by atoms with Crippen molar-refractivity contribution in [3.63, 3.8) is 0 Å². The van der Waals surface area contributed by atoms with E-state index in [1.807, 2.05) is 0 Å². The van der Waals surface area contributed by atoms with Crippen LogP contribution in [0.15, 0.2) is 18.2 Å². The van der Waals surface area contributed by atoms with E-state index < -0.39 is 5.91 Å². The lowest BCUT2D eigenvalue weighted by Gasteiger charge is -2.08. The molecule has 0 saturated carbocycles. The zero-order valence-corrected chi connectivity index (χ0v) is 12.3. The van der Waals surface area contributed by atoms with Crippen molar-refractivity contribution in [2.24, 2.45) is 0 Å². The quantitative estimate of drug-likeness (QED) is 0.461. The minimum Gasteiger partial charge on any atom is -0.508 e. The van der Waals surface area contributed by atoms with Crippen molar-refractivity contribution in [1.82, 2.24) is 10.6 Å². The Kier molecular flexibility index (Phi) is 7.73. The summed E-state index contributed by atoms with van der Waals surface area (Å²) in [5, 5.41) is 23.7. The molecule has 0 aliphatic rings. The largest absolute Gasteiger partial charge is 0.508 e. The molecule has 0 spiro atoms. The number of aromatic hydroxyl groups is 2. The molecule has 8 nitrogen and oxygen atoms in total. The SMILES string of the molecule is COCCOCC(=O)NCCNC(=O)c1cc(O)cc(O)c1. The summed E-state index contributed by atoms with van der Waals surface area (Å²) in [6, 6.07) is 3.59. The van der Waals surface area contributed by atoms with E-state index >= 15 is 0 Å². The van der Waals surface area contributed by atoms with Crippen LogP contribution < -0.4 is 10.6 Å². The van der Waals surface area contributed by atoms with Crippen LogP contribution in [0.2, 0.25) is 0 Å². The summed E-state index contributed by atoms with van der Waals surface area (Å²) >= 11 is 0. The predicted octanol–water partition coefficient (Wildman–Crippen LogP) is -0.393. The summed E-state index contributed by atoms with van der Waals surface area (Å²) in [6.07, 6.45) is 0. The van der Waals surface area contributed by atoms with Crippen molar-refractivity contribution < 1.29 is 29.3 Å². The second kappa shape index (κ2) is 9.59. The summed E-state index contributed by atoms with van der Waals surface area (Å²) in [7, 11) is 1.54. The van der Waals surface area contributed by atoms with Crippen LogP contribution in [0.5, 0.6) is 11.5 Å². The first-order valence-electron chi connectivity index (χ1n) is 6.67. The Morgan fingerprint density at radius 2 is 1.68 bits per heavy atom. The molecule has 0 radical (unpaired) electrons. The lowest BCUT2D eigenvalue weighted by molar-refractivity contribution is -0.126. The van der Waals surface area contributed by atoms with Crippen LogP contribution in [0.25, 0.3) is 0 Å². The standard InChI is InChI=1S/C14H20N2O6/c1-21-4-5-22-9-13(19)15-2-3-16-14(20)10-6-11(17)8-12(18)7-10/h6-8,17-18H,2-5,9H2,1H3,(H,15,19)(H,16,20). The Balaban J connectivity index is 2.21. The van der Waals surface area contributed by atoms with E-state index in [0.29, 0.717) is 13.2 Å². The third-order valence-corrected chi connectivity index (χ3v) is 2.56. The van der Waals surface area contributed by atoms with Gasteiger partial charge in [0.25, 0.3) is 5.91 Å². The first-order chi connectivity index (χ1) is 10.5. The molecular formula is C14H20N2O6. The third kappa shape index (κ3) is 6.91. The molecule has 1 aromatic rings. The van der Waals surface area contributed by atoms with Crippen molar-refractivity contribution in [1.29, 1.82) is 0 Å². The molecule has 0 heterocycles. The Bertz CT molecular complexity index is 486. The monoisotopic (exact) mass is 312 g/mol. The average molecular weight is 312 g/mol. The third-order valence-electron chi connectivity index (χ3n) is 2.56. The first kappa shape index (κ1) is 17.7. The van der Waals surface area contributed by atoms with Crippen LogP contribution in [0.4, 0.5) is 0 Å². The fourth-order valence-electron chi connectivity index (χ4n) is 1.56. The second-order valence-corrected chi connectivity index (χ2v) is 4.39. The van der Waals surface area contributed by atoms with Gasteiger partial charge in [0.15, 0.2) is 0 Å². The number of hydrogen-bond acceptors (Lipinski definition) is 6. The van der Waals surface area contributed by atoms with E-state index in [4.69, 9.17) is 9.47 Å². The molecule has 22 heavy (non-hydrogen) atoms. The number of phenols is 2. The Morgan fingerprint density at radius 3 is 2.32 bits per heavy atom. The highest BCUT2D eigenvalue weighted by molar-refractivity contribution is 5.95. The summed E-state index contributed by atoms with van der Waals surface area (Å²) < 4.78 is 9.80. The molecule has 0 aromatic heterocycles.